The van der Waals surface area contributed by atoms with Crippen molar-refractivity contribution in [1.82, 2.24) is 10.6 Å². The molecule has 2 N–H and O–H groups in total. The minimum absolute atomic E-state index is 0.113. The number of carbonyl (C=O) groups is 2. The van der Waals surface area contributed by atoms with Crippen molar-refractivity contribution in [2.75, 3.05) is 19.7 Å². The van der Waals surface area contributed by atoms with Crippen molar-refractivity contribution >= 4 is 23.2 Å². The summed E-state index contributed by atoms with van der Waals surface area (Å²) in [7, 11) is 0. The van der Waals surface area contributed by atoms with Crippen molar-refractivity contribution in [2.24, 2.45) is 0 Å². The standard InChI is InChI=1S/C18H19FN2O3S/c19-13-5-3-12(4-6-13)17(22)20-9-10-21-18(23)16-8-7-15(25-16)14-2-1-11-24-14/h3-8,14H,1-2,9-11H2,(H,20,22)(H,21,23). The number of hydrogen-bond acceptors (Lipinski definition) is 4. The van der Waals surface area contributed by atoms with E-state index in [0.29, 0.717) is 23.5 Å². The summed E-state index contributed by atoms with van der Waals surface area (Å²) in [6, 6.07) is 9.04. The molecular formula is C18H19FN2O3S. The molecule has 1 aromatic heterocycles. The second-order valence-electron chi connectivity index (χ2n) is 5.72. The largest absolute Gasteiger partial charge is 0.373 e. The first-order valence-corrected chi connectivity index (χ1v) is 8.98. The number of hydrogen-bond donors (Lipinski definition) is 2. The zero-order valence-electron chi connectivity index (χ0n) is 13.6. The molecule has 2 amide bonds. The molecule has 3 rings (SSSR count). The first-order valence-electron chi connectivity index (χ1n) is 8.17. The van der Waals surface area contributed by atoms with Crippen molar-refractivity contribution in [2.45, 2.75) is 18.9 Å². The van der Waals surface area contributed by atoms with E-state index < -0.39 is 0 Å². The van der Waals surface area contributed by atoms with Crippen LogP contribution in [0.4, 0.5) is 4.39 Å². The predicted octanol–water partition coefficient (Wildman–Crippen LogP) is 2.90. The predicted molar refractivity (Wildman–Crippen MR) is 93.3 cm³/mol. The van der Waals surface area contributed by atoms with Crippen molar-refractivity contribution in [1.29, 1.82) is 0 Å². The lowest BCUT2D eigenvalue weighted by Crippen LogP contribution is -2.34. The minimum atomic E-state index is -0.387. The van der Waals surface area contributed by atoms with Crippen LogP contribution in [-0.4, -0.2) is 31.5 Å². The van der Waals surface area contributed by atoms with Crippen molar-refractivity contribution in [3.63, 3.8) is 0 Å². The average Bonchev–Trinajstić information content (AvgIpc) is 3.29. The monoisotopic (exact) mass is 362 g/mol. The normalized spacial score (nSPS) is 16.6. The third-order valence-corrected chi connectivity index (χ3v) is 5.08. The molecule has 0 radical (unpaired) electrons. The van der Waals surface area contributed by atoms with Gasteiger partial charge in [-0.05, 0) is 49.2 Å². The van der Waals surface area contributed by atoms with Gasteiger partial charge in [-0.3, -0.25) is 9.59 Å². The highest BCUT2D eigenvalue weighted by Gasteiger charge is 2.20. The van der Waals surface area contributed by atoms with Gasteiger partial charge in [0.25, 0.3) is 11.8 Å². The first kappa shape index (κ1) is 17.6. The van der Waals surface area contributed by atoms with Crippen LogP contribution in [0, 0.1) is 5.82 Å². The van der Waals surface area contributed by atoms with Gasteiger partial charge in [0.05, 0.1) is 11.0 Å². The van der Waals surface area contributed by atoms with E-state index in [9.17, 15) is 14.0 Å². The van der Waals surface area contributed by atoms with Gasteiger partial charge in [-0.15, -0.1) is 11.3 Å². The summed E-state index contributed by atoms with van der Waals surface area (Å²) in [6.45, 7) is 1.39. The van der Waals surface area contributed by atoms with E-state index >= 15 is 0 Å². The highest BCUT2D eigenvalue weighted by Crippen LogP contribution is 2.33. The third kappa shape index (κ3) is 4.64. The lowest BCUT2D eigenvalue weighted by Gasteiger charge is -2.07. The molecule has 0 spiro atoms. The molecule has 0 bridgehead atoms. The summed E-state index contributed by atoms with van der Waals surface area (Å²) in [5.74, 6) is -0.849. The Kier molecular flexibility index (Phi) is 5.78. The van der Waals surface area contributed by atoms with Crippen LogP contribution in [0.2, 0.25) is 0 Å². The van der Waals surface area contributed by atoms with Gasteiger partial charge < -0.3 is 15.4 Å². The van der Waals surface area contributed by atoms with Crippen LogP contribution >= 0.6 is 11.3 Å². The maximum Gasteiger partial charge on any atom is 0.261 e. The number of benzene rings is 1. The molecule has 0 aliphatic carbocycles. The molecule has 1 fully saturated rings. The number of amides is 2. The summed E-state index contributed by atoms with van der Waals surface area (Å²) < 4.78 is 18.4. The lowest BCUT2D eigenvalue weighted by atomic mass is 10.2. The maximum atomic E-state index is 12.8. The van der Waals surface area contributed by atoms with Crippen LogP contribution in [0.15, 0.2) is 36.4 Å². The van der Waals surface area contributed by atoms with Crippen molar-refractivity contribution in [3.05, 3.63) is 57.5 Å². The molecule has 1 aliphatic heterocycles. The van der Waals surface area contributed by atoms with Gasteiger partial charge in [0.1, 0.15) is 5.82 Å². The summed E-state index contributed by atoms with van der Waals surface area (Å²) in [4.78, 5) is 25.7. The Bertz CT molecular complexity index is 739. The smallest absolute Gasteiger partial charge is 0.261 e. The summed E-state index contributed by atoms with van der Waals surface area (Å²) in [5, 5.41) is 5.46. The Morgan fingerprint density at radius 2 is 1.80 bits per heavy atom. The van der Waals surface area contributed by atoms with E-state index in [1.54, 1.807) is 6.07 Å². The Morgan fingerprint density at radius 1 is 1.08 bits per heavy atom. The highest BCUT2D eigenvalue weighted by atomic mass is 32.1. The second kappa shape index (κ2) is 8.22. The van der Waals surface area contributed by atoms with E-state index in [-0.39, 0.29) is 23.7 Å². The maximum absolute atomic E-state index is 12.8. The van der Waals surface area contributed by atoms with E-state index in [2.05, 4.69) is 10.6 Å². The van der Waals surface area contributed by atoms with Crippen LogP contribution in [0.1, 0.15) is 43.9 Å². The van der Waals surface area contributed by atoms with Crippen LogP contribution < -0.4 is 10.6 Å². The molecule has 25 heavy (non-hydrogen) atoms. The molecule has 5 nitrogen and oxygen atoms in total. The number of halogens is 1. The Hall–Kier alpha value is -2.25. The highest BCUT2D eigenvalue weighted by molar-refractivity contribution is 7.14. The molecule has 2 aromatic rings. The molecule has 2 heterocycles. The third-order valence-electron chi connectivity index (χ3n) is 3.90. The second-order valence-corrected chi connectivity index (χ2v) is 6.84. The van der Waals surface area contributed by atoms with Gasteiger partial charge in [0.2, 0.25) is 0 Å². The SMILES string of the molecule is O=C(NCCNC(=O)c1ccc(C2CCCO2)s1)c1ccc(F)cc1. The Balaban J connectivity index is 1.42. The molecule has 132 valence electrons. The zero-order valence-corrected chi connectivity index (χ0v) is 14.4. The van der Waals surface area contributed by atoms with E-state index in [1.165, 1.54) is 35.6 Å². The van der Waals surface area contributed by atoms with Gasteiger partial charge in [0.15, 0.2) is 0 Å². The van der Waals surface area contributed by atoms with Gasteiger partial charge in [-0.25, -0.2) is 4.39 Å². The molecule has 1 saturated heterocycles. The summed E-state index contributed by atoms with van der Waals surface area (Å²) in [5.41, 5.74) is 0.382. The average molecular weight is 362 g/mol. The minimum Gasteiger partial charge on any atom is -0.373 e. The fraction of sp³-hybridized carbons (Fsp3) is 0.333. The Labute approximate surface area is 149 Å². The quantitative estimate of drug-likeness (QED) is 0.777. The Morgan fingerprint density at radius 3 is 2.48 bits per heavy atom. The molecule has 1 atom stereocenters. The zero-order chi connectivity index (χ0) is 17.6. The van der Waals surface area contributed by atoms with Crippen molar-refractivity contribution < 1.29 is 18.7 Å². The lowest BCUT2D eigenvalue weighted by molar-refractivity contribution is 0.0929. The number of ether oxygens (including phenoxy) is 1. The van der Waals surface area contributed by atoms with Crippen LogP contribution in [-0.2, 0) is 4.74 Å². The molecule has 1 unspecified atom stereocenters. The van der Waals surface area contributed by atoms with Crippen LogP contribution in [0.25, 0.3) is 0 Å². The van der Waals surface area contributed by atoms with Gasteiger partial charge in [0, 0.05) is 30.1 Å². The number of nitrogens with one attached hydrogen (secondary N) is 2. The first-order chi connectivity index (χ1) is 12.1. The molecule has 1 aromatic carbocycles. The van der Waals surface area contributed by atoms with Gasteiger partial charge >= 0.3 is 0 Å². The topological polar surface area (TPSA) is 67.4 Å². The van der Waals surface area contributed by atoms with Crippen LogP contribution in [0.5, 0.6) is 0 Å². The van der Waals surface area contributed by atoms with E-state index in [1.807, 2.05) is 6.07 Å². The van der Waals surface area contributed by atoms with Crippen molar-refractivity contribution in [3.8, 4) is 0 Å². The molecule has 1 aliphatic rings. The van der Waals surface area contributed by atoms with Gasteiger partial charge in [-0.2, -0.15) is 0 Å². The molecular weight excluding hydrogens is 343 g/mol. The fourth-order valence-electron chi connectivity index (χ4n) is 2.59. The molecule has 7 heteroatoms. The van der Waals surface area contributed by atoms with Gasteiger partial charge in [-0.1, -0.05) is 0 Å². The number of rotatable bonds is 6. The summed E-state index contributed by atoms with van der Waals surface area (Å²) in [6.07, 6.45) is 2.16. The number of thiophene rings is 1. The summed E-state index contributed by atoms with van der Waals surface area (Å²) >= 11 is 1.44. The van der Waals surface area contributed by atoms with E-state index in [4.69, 9.17) is 4.74 Å². The number of carbonyl (C=O) groups excluding carboxylic acids is 2. The molecule has 0 saturated carbocycles. The fourth-order valence-corrected chi connectivity index (χ4v) is 3.60. The van der Waals surface area contributed by atoms with E-state index in [0.717, 1.165) is 24.3 Å². The van der Waals surface area contributed by atoms with Crippen LogP contribution in [0.3, 0.4) is 0 Å².